The topological polar surface area (TPSA) is 3.24 Å². The normalized spacial score (nSPS) is 14.6. The summed E-state index contributed by atoms with van der Waals surface area (Å²) in [5.41, 5.74) is 14.8. The number of fused-ring (bicyclic) bond motifs is 5. The van der Waals surface area contributed by atoms with Crippen LogP contribution in [0.25, 0.3) is 43.8 Å². The molecule has 2 aliphatic carbocycles. The van der Waals surface area contributed by atoms with Crippen LogP contribution >= 0.6 is 0 Å². The highest BCUT2D eigenvalue weighted by Crippen LogP contribution is 2.57. The van der Waals surface area contributed by atoms with Crippen molar-refractivity contribution < 1.29 is 0 Å². The van der Waals surface area contributed by atoms with Crippen molar-refractivity contribution in [3.8, 4) is 22.3 Å². The van der Waals surface area contributed by atoms with E-state index in [9.17, 15) is 0 Å². The Morgan fingerprint density at radius 3 is 1.72 bits per heavy atom. The molecule has 11 rings (SSSR count). The van der Waals surface area contributed by atoms with Crippen molar-refractivity contribution in [1.29, 1.82) is 0 Å². The Labute approximate surface area is 341 Å². The molecule has 1 saturated carbocycles. The van der Waals surface area contributed by atoms with Crippen LogP contribution in [0.5, 0.6) is 0 Å². The van der Waals surface area contributed by atoms with E-state index in [1.807, 2.05) is 0 Å². The Kier molecular flexibility index (Phi) is 8.55. The van der Waals surface area contributed by atoms with Crippen LogP contribution in [0.3, 0.4) is 0 Å². The first kappa shape index (κ1) is 34.5. The van der Waals surface area contributed by atoms with Crippen molar-refractivity contribution in [2.75, 3.05) is 4.90 Å². The number of benzene rings is 9. The molecular formula is C57H45N. The molecule has 0 aliphatic heterocycles. The summed E-state index contributed by atoms with van der Waals surface area (Å²) in [5, 5.41) is 5.18. The minimum absolute atomic E-state index is 0.496. The number of para-hydroxylation sites is 1. The third-order valence-corrected chi connectivity index (χ3v) is 13.1. The summed E-state index contributed by atoms with van der Waals surface area (Å²) in [6.07, 6.45) is 6.50. The van der Waals surface area contributed by atoms with Crippen LogP contribution in [0.15, 0.2) is 206 Å². The number of rotatable bonds is 7. The maximum absolute atomic E-state index is 2.51. The van der Waals surface area contributed by atoms with E-state index in [1.54, 1.807) is 0 Å². The molecule has 1 fully saturated rings. The standard InChI is InChI=1S/C57H45N/c1-3-19-41(20-4-1)48-31-15-22-42-23-16-32-52(56(42)48)51-30-11-14-35-55(51)58(47-37-36-40-18-7-8-21-43(40)38-47)46-27-17-26-45(39-46)57(44-24-5-2-6-25-44)53-33-12-9-28-49(53)50-29-10-13-34-54(50)57/h2,5-18,21-39,41H,1,3-4,19-20H2. The molecule has 1 nitrogen and oxygen atoms in total. The molecule has 0 bridgehead atoms. The predicted molar refractivity (Wildman–Crippen MR) is 245 cm³/mol. The molecule has 0 saturated heterocycles. The Bertz CT molecular complexity index is 2900. The second-order valence-electron chi connectivity index (χ2n) is 16.2. The minimum atomic E-state index is -0.496. The zero-order valence-corrected chi connectivity index (χ0v) is 32.7. The Balaban J connectivity index is 1.17. The zero-order valence-electron chi connectivity index (χ0n) is 32.7. The highest BCUT2D eigenvalue weighted by molar-refractivity contribution is 6.04. The van der Waals surface area contributed by atoms with E-state index in [4.69, 9.17) is 0 Å². The largest absolute Gasteiger partial charge is 0.310 e. The fraction of sp³-hybridized carbons (Fsp3) is 0.123. The fourth-order valence-corrected chi connectivity index (χ4v) is 10.6. The van der Waals surface area contributed by atoms with E-state index in [2.05, 4.69) is 211 Å². The minimum Gasteiger partial charge on any atom is -0.310 e. The highest BCUT2D eigenvalue weighted by Gasteiger charge is 2.46. The third-order valence-electron chi connectivity index (χ3n) is 13.1. The lowest BCUT2D eigenvalue weighted by Crippen LogP contribution is -2.28. The number of nitrogens with zero attached hydrogens (tertiary/aromatic N) is 1. The van der Waals surface area contributed by atoms with Crippen molar-refractivity contribution in [1.82, 2.24) is 0 Å². The van der Waals surface area contributed by atoms with E-state index in [0.717, 1.165) is 11.4 Å². The van der Waals surface area contributed by atoms with Crippen molar-refractivity contribution in [3.05, 3.63) is 234 Å². The average Bonchev–Trinajstić information content (AvgIpc) is 3.61. The van der Waals surface area contributed by atoms with Gasteiger partial charge in [0.1, 0.15) is 0 Å². The lowest BCUT2D eigenvalue weighted by molar-refractivity contribution is 0.445. The lowest BCUT2D eigenvalue weighted by atomic mass is 9.67. The molecule has 0 N–H and O–H groups in total. The van der Waals surface area contributed by atoms with Crippen molar-refractivity contribution in [3.63, 3.8) is 0 Å². The third kappa shape index (κ3) is 5.52. The molecule has 58 heavy (non-hydrogen) atoms. The van der Waals surface area contributed by atoms with Gasteiger partial charge in [-0.25, -0.2) is 0 Å². The first-order valence-corrected chi connectivity index (χ1v) is 21.0. The molecule has 9 aromatic carbocycles. The van der Waals surface area contributed by atoms with Gasteiger partial charge >= 0.3 is 0 Å². The molecule has 278 valence electrons. The Morgan fingerprint density at radius 1 is 0.379 bits per heavy atom. The summed E-state index contributed by atoms with van der Waals surface area (Å²) >= 11 is 0. The molecule has 9 aromatic rings. The van der Waals surface area contributed by atoms with Gasteiger partial charge in [-0.3, -0.25) is 0 Å². The van der Waals surface area contributed by atoms with Crippen molar-refractivity contribution in [2.24, 2.45) is 0 Å². The van der Waals surface area contributed by atoms with Crippen LogP contribution in [0.4, 0.5) is 17.1 Å². The SMILES string of the molecule is c1ccc(C2(c3cccc(N(c4ccc5ccccc5c4)c4ccccc4-c4cccc5cccc(C6CCCCC6)c45)c3)c3ccccc3-c3ccccc32)cc1. The molecule has 0 aromatic heterocycles. The van der Waals surface area contributed by atoms with Gasteiger partial charge in [0.05, 0.1) is 11.1 Å². The van der Waals surface area contributed by atoms with E-state index in [0.29, 0.717) is 5.92 Å². The first-order valence-electron chi connectivity index (χ1n) is 21.0. The summed E-state index contributed by atoms with van der Waals surface area (Å²) in [7, 11) is 0. The van der Waals surface area contributed by atoms with E-state index in [-0.39, 0.29) is 0 Å². The monoisotopic (exact) mass is 743 g/mol. The number of hydrogen-bond acceptors (Lipinski definition) is 1. The summed E-state index contributed by atoms with van der Waals surface area (Å²) in [5.74, 6) is 0.588. The predicted octanol–water partition coefficient (Wildman–Crippen LogP) is 15.5. The molecule has 0 heterocycles. The summed E-state index contributed by atoms with van der Waals surface area (Å²) in [6.45, 7) is 0. The number of anilines is 3. The van der Waals surface area contributed by atoms with Gasteiger partial charge in [-0.05, 0) is 115 Å². The van der Waals surface area contributed by atoms with Gasteiger partial charge in [-0.15, -0.1) is 0 Å². The second-order valence-corrected chi connectivity index (χ2v) is 16.2. The van der Waals surface area contributed by atoms with Crippen LogP contribution in [0, 0.1) is 0 Å². The average molecular weight is 744 g/mol. The summed E-state index contributed by atoms with van der Waals surface area (Å²) in [4.78, 5) is 2.51. The van der Waals surface area contributed by atoms with Crippen LogP contribution < -0.4 is 4.90 Å². The summed E-state index contributed by atoms with van der Waals surface area (Å²) < 4.78 is 0. The van der Waals surface area contributed by atoms with Crippen LogP contribution in [0.2, 0.25) is 0 Å². The van der Waals surface area contributed by atoms with Crippen LogP contribution in [-0.2, 0) is 5.41 Å². The maximum atomic E-state index is 2.51. The summed E-state index contributed by atoms with van der Waals surface area (Å²) in [6, 6.07) is 77.2. The molecule has 0 spiro atoms. The van der Waals surface area contributed by atoms with E-state index < -0.39 is 5.41 Å². The van der Waals surface area contributed by atoms with Gasteiger partial charge in [-0.1, -0.05) is 195 Å². The van der Waals surface area contributed by atoms with E-state index in [1.165, 1.54) is 109 Å². The van der Waals surface area contributed by atoms with Crippen molar-refractivity contribution >= 4 is 38.6 Å². The molecule has 0 unspecified atom stereocenters. The van der Waals surface area contributed by atoms with Gasteiger partial charge < -0.3 is 4.90 Å². The highest BCUT2D eigenvalue weighted by atomic mass is 15.1. The van der Waals surface area contributed by atoms with Gasteiger partial charge in [0.2, 0.25) is 0 Å². The van der Waals surface area contributed by atoms with Gasteiger partial charge in [0, 0.05) is 16.9 Å². The Hall–Kier alpha value is -6.70. The molecule has 1 heteroatoms. The molecule has 2 aliphatic rings. The number of hydrogen-bond donors (Lipinski definition) is 0. The van der Waals surface area contributed by atoms with E-state index >= 15 is 0 Å². The zero-order chi connectivity index (χ0) is 38.5. The molecule has 0 radical (unpaired) electrons. The Morgan fingerprint density at radius 2 is 0.948 bits per heavy atom. The second kappa shape index (κ2) is 14.4. The van der Waals surface area contributed by atoms with Crippen LogP contribution in [0.1, 0.15) is 65.8 Å². The molecule has 0 atom stereocenters. The van der Waals surface area contributed by atoms with Crippen molar-refractivity contribution in [2.45, 2.75) is 43.4 Å². The first-order chi connectivity index (χ1) is 28.8. The van der Waals surface area contributed by atoms with Gasteiger partial charge in [0.25, 0.3) is 0 Å². The van der Waals surface area contributed by atoms with Gasteiger partial charge in [-0.2, -0.15) is 0 Å². The smallest absolute Gasteiger partial charge is 0.0714 e. The molecule has 0 amide bonds. The van der Waals surface area contributed by atoms with Gasteiger partial charge in [0.15, 0.2) is 0 Å². The molecular weight excluding hydrogens is 699 g/mol. The maximum Gasteiger partial charge on any atom is 0.0714 e. The quantitative estimate of drug-likeness (QED) is 0.157. The van der Waals surface area contributed by atoms with Crippen LogP contribution in [-0.4, -0.2) is 0 Å². The fourth-order valence-electron chi connectivity index (χ4n) is 10.6. The lowest BCUT2D eigenvalue weighted by Gasteiger charge is -2.35.